The van der Waals surface area contributed by atoms with E-state index in [1.54, 1.807) is 97.1 Å². The van der Waals surface area contributed by atoms with Gasteiger partial charge in [0.1, 0.15) is 5.82 Å². The van der Waals surface area contributed by atoms with Crippen LogP contribution in [0.4, 0.5) is 55.6 Å². The summed E-state index contributed by atoms with van der Waals surface area (Å²) in [6.45, 7) is 1.67. The maximum absolute atomic E-state index is 12.9. The third-order valence-electron chi connectivity index (χ3n) is 10.7. The van der Waals surface area contributed by atoms with Gasteiger partial charge in [0.2, 0.25) is 23.5 Å². The molecule has 0 fully saturated rings. The number of alkyl halides is 3. The summed E-state index contributed by atoms with van der Waals surface area (Å²) in [5.41, 5.74) is 12.2. The van der Waals surface area contributed by atoms with Crippen molar-refractivity contribution in [1.29, 1.82) is 0 Å². The van der Waals surface area contributed by atoms with Crippen LogP contribution in [-0.4, -0.2) is 40.8 Å². The number of urea groups is 2. The van der Waals surface area contributed by atoms with E-state index in [0.29, 0.717) is 51.8 Å². The molecule has 0 radical (unpaired) electrons. The van der Waals surface area contributed by atoms with Gasteiger partial charge in [-0.25, -0.2) is 22.4 Å². The molecule has 10 rings (SSSR count). The minimum atomic E-state index is -4.47. The van der Waals surface area contributed by atoms with Crippen LogP contribution >= 0.6 is 11.3 Å². The van der Waals surface area contributed by atoms with Crippen LogP contribution in [0.1, 0.15) is 17.0 Å². The number of benzene rings is 7. The molecular weight excluding hydrogens is 1020 g/mol. The number of carbonyl (C=O) groups is 2. The number of sulfone groups is 1. The molecule has 0 atom stereocenters. The summed E-state index contributed by atoms with van der Waals surface area (Å²) in [6.07, 6.45) is -4.47. The summed E-state index contributed by atoms with van der Waals surface area (Å²) in [6, 6.07) is 48.0. The van der Waals surface area contributed by atoms with Crippen molar-refractivity contribution in [3.63, 3.8) is 0 Å². The number of amides is 4. The number of nitrogens with zero attached hydrogens (tertiary/aromatic N) is 4. The van der Waals surface area contributed by atoms with E-state index in [1.807, 2.05) is 65.4 Å². The predicted octanol–water partition coefficient (Wildman–Crippen LogP) is 13.9. The summed E-state index contributed by atoms with van der Waals surface area (Å²) >= 11 is 1.58. The molecule has 76 heavy (non-hydrogen) atoms. The minimum Gasteiger partial charge on any atom is -0.416 e. The van der Waals surface area contributed by atoms with Crippen molar-refractivity contribution in [2.75, 3.05) is 27.0 Å². The SMILES string of the molecule is Cc1nc(-c2ccc(NC(=O)Nc3cccc(C(F)(F)F)c3)cc2)no1.Nc1cc(S(=O)(=O)Cc2ccccc2)ccc1-c1ccsc1.O=C(Nc1ccc(F)cc1)Nc1ccc(-c2nnc(-c3ccccc3)o2)cc1. The van der Waals surface area contributed by atoms with Gasteiger partial charge in [-0.3, -0.25) is 0 Å². The van der Waals surface area contributed by atoms with Crippen molar-refractivity contribution in [3.05, 3.63) is 216 Å². The van der Waals surface area contributed by atoms with E-state index in [-0.39, 0.29) is 22.2 Å². The normalized spacial score (nSPS) is 11.0. The van der Waals surface area contributed by atoms with Gasteiger partial charge in [-0.2, -0.15) is 29.5 Å². The zero-order valence-corrected chi connectivity index (χ0v) is 41.5. The number of hydrogen-bond acceptors (Lipinski definition) is 12. The lowest BCUT2D eigenvalue weighted by Crippen LogP contribution is -2.19. The van der Waals surface area contributed by atoms with Crippen LogP contribution in [0.15, 0.2) is 207 Å². The Labute approximate surface area is 436 Å². The number of anilines is 5. The zero-order valence-electron chi connectivity index (χ0n) is 39.8. The van der Waals surface area contributed by atoms with E-state index in [4.69, 9.17) is 14.7 Å². The Morgan fingerprint density at radius 2 is 1.17 bits per heavy atom. The second kappa shape index (κ2) is 24.0. The maximum Gasteiger partial charge on any atom is 0.416 e. The van der Waals surface area contributed by atoms with E-state index in [0.717, 1.165) is 39.9 Å². The van der Waals surface area contributed by atoms with Crippen LogP contribution in [0, 0.1) is 12.7 Å². The van der Waals surface area contributed by atoms with E-state index in [1.165, 1.54) is 36.4 Å². The van der Waals surface area contributed by atoms with Gasteiger partial charge in [0.25, 0.3) is 0 Å². The lowest BCUT2D eigenvalue weighted by atomic mass is 10.1. The number of hydrogen-bond donors (Lipinski definition) is 5. The molecular formula is C55H43F4N9O6S2. The van der Waals surface area contributed by atoms with Crippen molar-refractivity contribution in [1.82, 2.24) is 20.3 Å². The highest BCUT2D eigenvalue weighted by Crippen LogP contribution is 2.32. The second-order valence-electron chi connectivity index (χ2n) is 16.3. The fraction of sp³-hybridized carbons (Fsp3) is 0.0545. The number of halogens is 4. The van der Waals surface area contributed by atoms with Gasteiger partial charge < -0.3 is 35.9 Å². The van der Waals surface area contributed by atoms with E-state index in [9.17, 15) is 35.6 Å². The first-order valence-corrected chi connectivity index (χ1v) is 25.3. The molecule has 0 saturated heterocycles. The Bertz CT molecular complexity index is 3640. The van der Waals surface area contributed by atoms with Gasteiger partial charge in [-0.15, -0.1) is 10.2 Å². The van der Waals surface area contributed by atoms with Crippen molar-refractivity contribution < 1.29 is 44.5 Å². The largest absolute Gasteiger partial charge is 0.416 e. The Hall–Kier alpha value is -9.47. The zero-order chi connectivity index (χ0) is 53.7. The van der Waals surface area contributed by atoms with Gasteiger partial charge in [0.05, 0.1) is 16.2 Å². The fourth-order valence-corrected chi connectivity index (χ4v) is 9.07. The average molecular weight is 1070 g/mol. The standard InChI is InChI=1S/C21H15FN4O2.C17H13F3N4O2.C17H15NO2S2/c22-16-8-12-18(13-9-16)24-21(27)23-17-10-6-15(7-11-17)20-26-25-19(28-20)14-4-2-1-3-5-14;1-10-21-15(24-26-10)11-5-7-13(8-6-11)22-16(25)23-14-4-2-3-12(9-14)17(18,19)20;18-17-10-15(6-7-16(17)14-8-9-21-11-14)22(19,20)12-13-4-2-1-3-5-13/h1-13H,(H2,23,24,27);2-9H,1H3,(H2,22,23,25);1-11H,12,18H2. The van der Waals surface area contributed by atoms with Crippen LogP contribution in [0.3, 0.4) is 0 Å². The van der Waals surface area contributed by atoms with Crippen molar-refractivity contribution >= 4 is 61.7 Å². The topological polar surface area (TPSA) is 220 Å². The molecule has 3 aromatic heterocycles. The molecule has 0 spiro atoms. The highest BCUT2D eigenvalue weighted by Gasteiger charge is 2.30. The summed E-state index contributed by atoms with van der Waals surface area (Å²) in [5.74, 6) is 1.30. The lowest BCUT2D eigenvalue weighted by molar-refractivity contribution is -0.137. The van der Waals surface area contributed by atoms with Crippen LogP contribution in [0.25, 0.3) is 45.4 Å². The third kappa shape index (κ3) is 14.6. The van der Waals surface area contributed by atoms with E-state index in [2.05, 4.69) is 41.6 Å². The lowest BCUT2D eigenvalue weighted by Gasteiger charge is -2.11. The van der Waals surface area contributed by atoms with Crippen LogP contribution in [-0.2, 0) is 21.8 Å². The third-order valence-corrected chi connectivity index (χ3v) is 13.1. The van der Waals surface area contributed by atoms with Crippen LogP contribution < -0.4 is 27.0 Å². The van der Waals surface area contributed by atoms with Crippen molar-refractivity contribution in [3.8, 4) is 45.4 Å². The highest BCUT2D eigenvalue weighted by atomic mass is 32.2. The van der Waals surface area contributed by atoms with Crippen LogP contribution in [0.5, 0.6) is 0 Å². The number of thiophene rings is 1. The molecule has 7 aromatic carbocycles. The number of nitrogens with one attached hydrogen (secondary N) is 4. The molecule has 0 aliphatic heterocycles. The Balaban J connectivity index is 0.000000152. The molecule has 384 valence electrons. The molecule has 0 aliphatic carbocycles. The van der Waals surface area contributed by atoms with Crippen LogP contribution in [0.2, 0.25) is 0 Å². The summed E-state index contributed by atoms with van der Waals surface area (Å²) in [7, 11) is -3.40. The van der Waals surface area contributed by atoms with Crippen molar-refractivity contribution in [2.24, 2.45) is 0 Å². The maximum atomic E-state index is 12.9. The van der Waals surface area contributed by atoms with Gasteiger partial charge in [-0.1, -0.05) is 65.8 Å². The van der Waals surface area contributed by atoms with Crippen molar-refractivity contribution in [2.45, 2.75) is 23.7 Å². The molecule has 0 aliphatic rings. The molecule has 21 heteroatoms. The molecule has 0 bridgehead atoms. The number of aromatic nitrogens is 4. The number of rotatable bonds is 11. The first-order chi connectivity index (χ1) is 36.5. The second-order valence-corrected chi connectivity index (χ2v) is 19.1. The van der Waals surface area contributed by atoms with Gasteiger partial charge in [0, 0.05) is 57.6 Å². The molecule has 0 saturated carbocycles. The Morgan fingerprint density at radius 1 is 0.618 bits per heavy atom. The first-order valence-electron chi connectivity index (χ1n) is 22.7. The quantitative estimate of drug-likeness (QED) is 0.0606. The molecule has 0 unspecified atom stereocenters. The number of aryl methyl sites for hydroxylation is 1. The summed E-state index contributed by atoms with van der Waals surface area (Å²) in [4.78, 5) is 28.3. The van der Waals surface area contributed by atoms with Gasteiger partial charge in [-0.05, 0) is 143 Å². The molecule has 6 N–H and O–H groups in total. The Morgan fingerprint density at radius 3 is 1.71 bits per heavy atom. The average Bonchev–Trinajstić information content (AvgIpc) is 4.23. The van der Waals surface area contributed by atoms with Gasteiger partial charge >= 0.3 is 18.2 Å². The number of nitrogens with two attached hydrogens (primary N) is 1. The minimum absolute atomic E-state index is 0.0227. The first kappa shape index (κ1) is 52.8. The van der Waals surface area contributed by atoms with E-state index >= 15 is 0 Å². The fourth-order valence-electron chi connectivity index (χ4n) is 7.04. The summed E-state index contributed by atoms with van der Waals surface area (Å²) < 4.78 is 86.6. The Kier molecular flexibility index (Phi) is 16.7. The molecule has 4 amide bonds. The highest BCUT2D eigenvalue weighted by molar-refractivity contribution is 7.90. The smallest absolute Gasteiger partial charge is 0.416 e. The summed E-state index contributed by atoms with van der Waals surface area (Å²) in [5, 5.41) is 26.1. The van der Waals surface area contributed by atoms with E-state index < -0.39 is 33.6 Å². The predicted molar refractivity (Wildman–Crippen MR) is 284 cm³/mol. The monoisotopic (exact) mass is 1070 g/mol. The molecule has 3 heterocycles. The van der Waals surface area contributed by atoms with Gasteiger partial charge in [0.15, 0.2) is 9.84 Å². The molecule has 10 aromatic rings. The molecule has 15 nitrogen and oxygen atoms in total. The number of nitrogen functional groups attached to an aromatic ring is 1. The number of carbonyl (C=O) groups excluding carboxylic acids is 2.